The Bertz CT molecular complexity index is 672. The van der Waals surface area contributed by atoms with Crippen molar-refractivity contribution in [3.63, 3.8) is 0 Å². The summed E-state index contributed by atoms with van der Waals surface area (Å²) < 4.78 is 1.76. The van der Waals surface area contributed by atoms with E-state index in [-0.39, 0.29) is 5.56 Å². The first-order chi connectivity index (χ1) is 9.43. The summed E-state index contributed by atoms with van der Waals surface area (Å²) in [5.74, 6) is 0. The Morgan fingerprint density at radius 3 is 2.65 bits per heavy atom. The molecule has 2 heterocycles. The van der Waals surface area contributed by atoms with Gasteiger partial charge in [-0.1, -0.05) is 11.3 Å². The van der Waals surface area contributed by atoms with E-state index >= 15 is 0 Å². The lowest BCUT2D eigenvalue weighted by Crippen LogP contribution is -2.24. The molecule has 0 fully saturated rings. The highest BCUT2D eigenvalue weighted by Gasteiger charge is 2.16. The minimum absolute atomic E-state index is 0.0113. The molecule has 2 aromatic heterocycles. The van der Waals surface area contributed by atoms with Gasteiger partial charge in [0.1, 0.15) is 0 Å². The summed E-state index contributed by atoms with van der Waals surface area (Å²) in [6.45, 7) is 10.6. The van der Waals surface area contributed by atoms with Gasteiger partial charge in [-0.3, -0.25) is 4.79 Å². The third-order valence-corrected chi connectivity index (χ3v) is 3.94. The molecular formula is C14H20N4OS. The molecule has 0 amide bonds. The number of hydrogen-bond donors (Lipinski definition) is 1. The van der Waals surface area contributed by atoms with Crippen LogP contribution in [0.4, 0.5) is 5.13 Å². The highest BCUT2D eigenvalue weighted by Crippen LogP contribution is 2.27. The Labute approximate surface area is 122 Å². The lowest BCUT2D eigenvalue weighted by atomic mass is 10.1. The number of anilines is 1. The molecule has 0 aliphatic heterocycles. The van der Waals surface area contributed by atoms with Gasteiger partial charge in [-0.15, -0.1) is 10.2 Å². The van der Waals surface area contributed by atoms with E-state index < -0.39 is 0 Å². The highest BCUT2D eigenvalue weighted by atomic mass is 32.1. The largest absolute Gasteiger partial charge is 0.358 e. The van der Waals surface area contributed by atoms with E-state index in [0.717, 1.165) is 16.4 Å². The number of hydrogen-bond acceptors (Lipinski definition) is 5. The second-order valence-corrected chi connectivity index (χ2v) is 6.08. The maximum atomic E-state index is 12.6. The van der Waals surface area contributed by atoms with Crippen molar-refractivity contribution in [2.45, 2.75) is 47.2 Å². The Kier molecular flexibility index (Phi) is 4.23. The summed E-state index contributed by atoms with van der Waals surface area (Å²) >= 11 is 1.42. The van der Waals surface area contributed by atoms with E-state index in [4.69, 9.17) is 0 Å². The zero-order chi connectivity index (χ0) is 14.9. The molecule has 0 unspecified atom stereocenters. The van der Waals surface area contributed by atoms with Crippen LogP contribution in [0.3, 0.4) is 0 Å². The first-order valence-electron chi connectivity index (χ1n) is 6.75. The van der Waals surface area contributed by atoms with Gasteiger partial charge in [0, 0.05) is 18.3 Å². The molecule has 2 rings (SSSR count). The van der Waals surface area contributed by atoms with Crippen LogP contribution < -0.4 is 10.9 Å². The molecule has 0 aliphatic rings. The number of nitrogens with one attached hydrogen (secondary N) is 1. The maximum Gasteiger partial charge on any atom is 0.261 e. The Morgan fingerprint density at radius 1 is 1.35 bits per heavy atom. The summed E-state index contributed by atoms with van der Waals surface area (Å²) in [4.78, 5) is 12.6. The van der Waals surface area contributed by atoms with Crippen molar-refractivity contribution in [2.75, 3.05) is 5.32 Å². The van der Waals surface area contributed by atoms with Gasteiger partial charge >= 0.3 is 0 Å². The lowest BCUT2D eigenvalue weighted by Gasteiger charge is -2.11. The second kappa shape index (κ2) is 5.75. The van der Waals surface area contributed by atoms with Crippen molar-refractivity contribution in [2.24, 2.45) is 0 Å². The molecular weight excluding hydrogens is 272 g/mol. The van der Waals surface area contributed by atoms with Crippen LogP contribution in [0.15, 0.2) is 10.9 Å². The highest BCUT2D eigenvalue weighted by molar-refractivity contribution is 7.18. The molecule has 0 atom stereocenters. The number of aromatic nitrogens is 3. The fourth-order valence-corrected chi connectivity index (χ4v) is 3.20. The van der Waals surface area contributed by atoms with Crippen molar-refractivity contribution in [1.29, 1.82) is 0 Å². The number of rotatable bonds is 4. The van der Waals surface area contributed by atoms with Gasteiger partial charge in [-0.25, -0.2) is 0 Å². The van der Waals surface area contributed by atoms with Gasteiger partial charge in [0.2, 0.25) is 5.13 Å². The Morgan fingerprint density at radius 2 is 2.05 bits per heavy atom. The van der Waals surface area contributed by atoms with E-state index in [9.17, 15) is 4.79 Å². The first-order valence-corrected chi connectivity index (χ1v) is 7.57. The third-order valence-electron chi connectivity index (χ3n) is 3.07. The predicted octanol–water partition coefficient (Wildman–Crippen LogP) is 2.82. The zero-order valence-corrected chi connectivity index (χ0v) is 13.3. The van der Waals surface area contributed by atoms with E-state index in [1.807, 2.05) is 40.7 Å². The molecule has 0 bridgehead atoms. The average molecular weight is 292 g/mol. The smallest absolute Gasteiger partial charge is 0.261 e. The van der Waals surface area contributed by atoms with E-state index in [0.29, 0.717) is 23.2 Å². The average Bonchev–Trinajstić information content (AvgIpc) is 2.76. The molecule has 0 saturated carbocycles. The molecule has 1 N–H and O–H groups in total. The van der Waals surface area contributed by atoms with Crippen LogP contribution in [0.1, 0.15) is 32.0 Å². The van der Waals surface area contributed by atoms with Crippen molar-refractivity contribution in [3.05, 3.63) is 27.7 Å². The van der Waals surface area contributed by atoms with E-state index in [1.54, 1.807) is 4.57 Å². The minimum atomic E-state index is 0.0113. The van der Waals surface area contributed by atoms with Crippen LogP contribution in [-0.2, 0) is 6.54 Å². The third kappa shape index (κ3) is 2.75. The molecule has 0 saturated heterocycles. The van der Waals surface area contributed by atoms with Gasteiger partial charge in [0.25, 0.3) is 5.56 Å². The molecule has 0 radical (unpaired) electrons. The fraction of sp³-hybridized carbons (Fsp3) is 0.500. The first kappa shape index (κ1) is 14.7. The number of nitrogens with zero attached hydrogens (tertiary/aromatic N) is 3. The topological polar surface area (TPSA) is 59.8 Å². The van der Waals surface area contributed by atoms with Crippen LogP contribution in [0.25, 0.3) is 10.6 Å². The van der Waals surface area contributed by atoms with Gasteiger partial charge in [-0.2, -0.15) is 0 Å². The Balaban J connectivity index is 2.53. The van der Waals surface area contributed by atoms with Gasteiger partial charge in [-0.05, 0) is 46.2 Å². The molecule has 108 valence electrons. The summed E-state index contributed by atoms with van der Waals surface area (Å²) in [5.41, 5.74) is 2.59. The van der Waals surface area contributed by atoms with Crippen LogP contribution in [0.2, 0.25) is 0 Å². The molecule has 20 heavy (non-hydrogen) atoms. The summed E-state index contributed by atoms with van der Waals surface area (Å²) in [6.07, 6.45) is 0. The molecule has 0 aromatic carbocycles. The molecule has 0 aliphatic carbocycles. The molecule has 5 nitrogen and oxygen atoms in total. The van der Waals surface area contributed by atoms with Gasteiger partial charge < -0.3 is 9.88 Å². The Hall–Kier alpha value is -1.69. The minimum Gasteiger partial charge on any atom is -0.358 e. The summed E-state index contributed by atoms with van der Waals surface area (Å²) in [5, 5.41) is 12.9. The summed E-state index contributed by atoms with van der Waals surface area (Å²) in [7, 11) is 0. The predicted molar refractivity (Wildman–Crippen MR) is 83.5 cm³/mol. The van der Waals surface area contributed by atoms with Gasteiger partial charge in [0.15, 0.2) is 5.01 Å². The zero-order valence-electron chi connectivity index (χ0n) is 12.5. The number of pyridine rings is 1. The second-order valence-electron chi connectivity index (χ2n) is 5.10. The fourth-order valence-electron chi connectivity index (χ4n) is 2.21. The van der Waals surface area contributed by atoms with Crippen molar-refractivity contribution in [1.82, 2.24) is 14.8 Å². The normalized spacial score (nSPS) is 11.1. The lowest BCUT2D eigenvalue weighted by molar-refractivity contribution is 0.700. The molecule has 0 spiro atoms. The maximum absolute atomic E-state index is 12.6. The van der Waals surface area contributed by atoms with Crippen molar-refractivity contribution in [3.8, 4) is 10.6 Å². The van der Waals surface area contributed by atoms with Gasteiger partial charge in [0.05, 0.1) is 5.56 Å². The molecule has 2 aromatic rings. The van der Waals surface area contributed by atoms with Crippen molar-refractivity contribution >= 4 is 16.5 Å². The standard InChI is InChI=1S/C14H20N4OS/c1-6-18-10(5)7-9(4)11(13(18)19)12-16-17-14(20-12)15-8(2)3/h7-8H,6H2,1-5H3,(H,15,17). The van der Waals surface area contributed by atoms with Crippen LogP contribution in [-0.4, -0.2) is 20.8 Å². The quantitative estimate of drug-likeness (QED) is 0.941. The van der Waals surface area contributed by atoms with Crippen molar-refractivity contribution < 1.29 is 0 Å². The van der Waals surface area contributed by atoms with Crippen LogP contribution in [0, 0.1) is 13.8 Å². The van der Waals surface area contributed by atoms with E-state index in [1.165, 1.54) is 11.3 Å². The SMILES string of the molecule is CCn1c(C)cc(C)c(-c2nnc(NC(C)C)s2)c1=O. The molecule has 6 heteroatoms. The van der Waals surface area contributed by atoms with E-state index in [2.05, 4.69) is 15.5 Å². The summed E-state index contributed by atoms with van der Waals surface area (Å²) in [6, 6.07) is 2.32. The van der Waals surface area contributed by atoms with Crippen LogP contribution >= 0.6 is 11.3 Å². The monoisotopic (exact) mass is 292 g/mol. The van der Waals surface area contributed by atoms with Crippen LogP contribution in [0.5, 0.6) is 0 Å². The number of aryl methyl sites for hydroxylation is 2.